The highest BCUT2D eigenvalue weighted by atomic mass is 32.2. The first-order chi connectivity index (χ1) is 8.43. The van der Waals surface area contributed by atoms with Gasteiger partial charge in [-0.2, -0.15) is 0 Å². The molecule has 0 aliphatic carbocycles. The molecule has 0 spiro atoms. The molecule has 2 N–H and O–H groups in total. The van der Waals surface area contributed by atoms with E-state index in [-0.39, 0.29) is 0 Å². The predicted octanol–water partition coefficient (Wildman–Crippen LogP) is 1.07. The molecule has 5 nitrogen and oxygen atoms in total. The Morgan fingerprint density at radius 1 is 1.56 bits per heavy atom. The largest absolute Gasteiger partial charge is 0.352 e. The van der Waals surface area contributed by atoms with Crippen LogP contribution in [0.3, 0.4) is 0 Å². The summed E-state index contributed by atoms with van der Waals surface area (Å²) in [4.78, 5) is 0.298. The van der Waals surface area contributed by atoms with Crippen LogP contribution in [0.4, 0.5) is 0 Å². The first-order valence-corrected chi connectivity index (χ1v) is 7.30. The van der Waals surface area contributed by atoms with Crippen LogP contribution in [0.2, 0.25) is 0 Å². The third kappa shape index (κ3) is 3.22. The van der Waals surface area contributed by atoms with Crippen molar-refractivity contribution in [2.45, 2.75) is 24.3 Å². The van der Waals surface area contributed by atoms with Gasteiger partial charge in [0.05, 0.1) is 0 Å². The maximum Gasteiger partial charge on any atom is 0.244 e. The molecule has 0 saturated heterocycles. The van der Waals surface area contributed by atoms with Crippen molar-refractivity contribution in [2.24, 2.45) is 12.8 Å². The Morgan fingerprint density at radius 2 is 2.22 bits per heavy atom. The highest BCUT2D eigenvalue weighted by Gasteiger charge is 2.22. The summed E-state index contributed by atoms with van der Waals surface area (Å²) in [5.41, 5.74) is 6.34. The standard InChI is InChI=1S/C12H21N3O2S/c1-4-5-6-7-15(3)18(16,17)12-8-11(9-13)14(2)10-12/h4,8,10H,1,5-7,9,13H2,2-3H3. The average molecular weight is 271 g/mol. The monoisotopic (exact) mass is 271 g/mol. The molecule has 0 aliphatic rings. The summed E-state index contributed by atoms with van der Waals surface area (Å²) >= 11 is 0. The number of nitrogens with zero attached hydrogens (tertiary/aromatic N) is 2. The molecule has 18 heavy (non-hydrogen) atoms. The summed E-state index contributed by atoms with van der Waals surface area (Å²) in [5, 5.41) is 0. The smallest absolute Gasteiger partial charge is 0.244 e. The molecule has 1 rings (SSSR count). The molecule has 0 atom stereocenters. The van der Waals surface area contributed by atoms with Gasteiger partial charge in [-0.25, -0.2) is 12.7 Å². The first kappa shape index (κ1) is 14.9. The number of unbranched alkanes of at least 4 members (excludes halogenated alkanes) is 1. The van der Waals surface area contributed by atoms with Gasteiger partial charge in [0, 0.05) is 39.1 Å². The molecule has 0 aliphatic heterocycles. The Bertz CT molecular complexity index is 505. The number of aromatic nitrogens is 1. The van der Waals surface area contributed by atoms with Crippen LogP contribution in [0.1, 0.15) is 18.5 Å². The highest BCUT2D eigenvalue weighted by Crippen LogP contribution is 2.17. The summed E-state index contributed by atoms with van der Waals surface area (Å²) in [6.07, 6.45) is 4.97. The van der Waals surface area contributed by atoms with E-state index in [2.05, 4.69) is 6.58 Å². The second-order valence-electron chi connectivity index (χ2n) is 4.24. The van der Waals surface area contributed by atoms with Gasteiger partial charge in [-0.1, -0.05) is 6.08 Å². The molecule has 1 aromatic rings. The lowest BCUT2D eigenvalue weighted by Gasteiger charge is -2.15. The number of nitrogens with two attached hydrogens (primary N) is 1. The molecule has 0 fully saturated rings. The molecule has 0 bridgehead atoms. The lowest BCUT2D eigenvalue weighted by molar-refractivity contribution is 0.463. The van der Waals surface area contributed by atoms with Crippen molar-refractivity contribution in [2.75, 3.05) is 13.6 Å². The minimum Gasteiger partial charge on any atom is -0.352 e. The summed E-state index contributed by atoms with van der Waals surface area (Å²) in [7, 11) is -0.0271. The normalized spacial score (nSPS) is 12.0. The van der Waals surface area contributed by atoms with Crippen LogP contribution in [-0.4, -0.2) is 30.9 Å². The average Bonchev–Trinajstić information content (AvgIpc) is 2.71. The van der Waals surface area contributed by atoms with E-state index in [0.29, 0.717) is 18.0 Å². The molecular weight excluding hydrogens is 250 g/mol. The van der Waals surface area contributed by atoms with Crippen molar-refractivity contribution in [3.8, 4) is 0 Å². The molecule has 0 amide bonds. The molecule has 1 aromatic heterocycles. The molecule has 102 valence electrons. The fourth-order valence-corrected chi connectivity index (χ4v) is 2.99. The minimum absolute atomic E-state index is 0.298. The Labute approximate surface area is 109 Å². The van der Waals surface area contributed by atoms with Crippen molar-refractivity contribution in [1.82, 2.24) is 8.87 Å². The number of allylic oxidation sites excluding steroid dienone is 1. The molecule has 0 aromatic carbocycles. The van der Waals surface area contributed by atoms with Crippen molar-refractivity contribution in [3.63, 3.8) is 0 Å². The van der Waals surface area contributed by atoms with Crippen molar-refractivity contribution in [1.29, 1.82) is 0 Å². The summed E-state index contributed by atoms with van der Waals surface area (Å²) in [6.45, 7) is 4.43. The molecule has 0 unspecified atom stereocenters. The van der Waals surface area contributed by atoms with Crippen LogP contribution in [0.15, 0.2) is 29.8 Å². The van der Waals surface area contributed by atoms with Crippen LogP contribution in [0.5, 0.6) is 0 Å². The van der Waals surface area contributed by atoms with E-state index in [1.165, 1.54) is 4.31 Å². The van der Waals surface area contributed by atoms with Gasteiger partial charge in [0.25, 0.3) is 0 Å². The zero-order valence-corrected chi connectivity index (χ0v) is 11.8. The summed E-state index contributed by atoms with van der Waals surface area (Å²) < 4.78 is 27.6. The van der Waals surface area contributed by atoms with Crippen molar-refractivity contribution < 1.29 is 8.42 Å². The van der Waals surface area contributed by atoms with Gasteiger partial charge in [0.2, 0.25) is 10.0 Å². The molecule has 6 heteroatoms. The van der Waals surface area contributed by atoms with E-state index >= 15 is 0 Å². The summed E-state index contributed by atoms with van der Waals surface area (Å²) in [6, 6.07) is 1.62. The fourth-order valence-electron chi connectivity index (χ4n) is 1.68. The van der Waals surface area contributed by atoms with E-state index < -0.39 is 10.0 Å². The number of hydrogen-bond acceptors (Lipinski definition) is 3. The predicted molar refractivity (Wildman–Crippen MR) is 72.6 cm³/mol. The Kier molecular flexibility index (Phi) is 5.13. The third-order valence-corrected chi connectivity index (χ3v) is 4.70. The highest BCUT2D eigenvalue weighted by molar-refractivity contribution is 7.89. The third-order valence-electron chi connectivity index (χ3n) is 2.88. The second kappa shape index (κ2) is 6.17. The van der Waals surface area contributed by atoms with Crippen LogP contribution in [0.25, 0.3) is 0 Å². The molecule has 1 heterocycles. The van der Waals surface area contributed by atoms with E-state index in [9.17, 15) is 8.42 Å². The number of rotatable bonds is 7. The summed E-state index contributed by atoms with van der Waals surface area (Å²) in [5.74, 6) is 0. The molecular formula is C12H21N3O2S. The van der Waals surface area contributed by atoms with Crippen LogP contribution < -0.4 is 5.73 Å². The van der Waals surface area contributed by atoms with Crippen LogP contribution in [-0.2, 0) is 23.6 Å². The molecule has 0 radical (unpaired) electrons. The van der Waals surface area contributed by atoms with Crippen molar-refractivity contribution >= 4 is 10.0 Å². The van der Waals surface area contributed by atoms with Gasteiger partial charge < -0.3 is 10.3 Å². The van der Waals surface area contributed by atoms with Gasteiger partial charge in [-0.05, 0) is 18.9 Å². The number of hydrogen-bond donors (Lipinski definition) is 1. The maximum atomic E-state index is 12.3. The minimum atomic E-state index is -3.41. The van der Waals surface area contributed by atoms with E-state index in [0.717, 1.165) is 18.5 Å². The number of sulfonamides is 1. The topological polar surface area (TPSA) is 68.3 Å². The molecule has 0 saturated carbocycles. The maximum absolute atomic E-state index is 12.3. The van der Waals surface area contributed by atoms with Gasteiger partial charge in [0.15, 0.2) is 0 Å². The Balaban J connectivity index is 2.87. The van der Waals surface area contributed by atoms with Gasteiger partial charge in [0.1, 0.15) is 4.90 Å². The first-order valence-electron chi connectivity index (χ1n) is 5.86. The van der Waals surface area contributed by atoms with Gasteiger partial charge >= 0.3 is 0 Å². The van der Waals surface area contributed by atoms with Gasteiger partial charge in [-0.3, -0.25) is 0 Å². The zero-order chi connectivity index (χ0) is 13.8. The van der Waals surface area contributed by atoms with E-state index in [1.807, 2.05) is 0 Å². The lowest BCUT2D eigenvalue weighted by Crippen LogP contribution is -2.27. The Hall–Kier alpha value is -1.11. The number of aryl methyl sites for hydroxylation is 1. The van der Waals surface area contributed by atoms with E-state index in [1.54, 1.807) is 37.0 Å². The second-order valence-corrected chi connectivity index (χ2v) is 6.28. The van der Waals surface area contributed by atoms with Crippen LogP contribution >= 0.6 is 0 Å². The Morgan fingerprint density at radius 3 is 2.72 bits per heavy atom. The van der Waals surface area contributed by atoms with Crippen LogP contribution in [0, 0.1) is 0 Å². The zero-order valence-electron chi connectivity index (χ0n) is 11.0. The fraction of sp³-hybridized carbons (Fsp3) is 0.500. The van der Waals surface area contributed by atoms with Crippen molar-refractivity contribution in [3.05, 3.63) is 30.6 Å². The van der Waals surface area contributed by atoms with Gasteiger partial charge in [-0.15, -0.1) is 6.58 Å². The quantitative estimate of drug-likeness (QED) is 0.596. The van der Waals surface area contributed by atoms with E-state index in [4.69, 9.17) is 5.73 Å². The lowest BCUT2D eigenvalue weighted by atomic mass is 10.3. The SMILES string of the molecule is C=CCCCN(C)S(=O)(=O)c1cc(CN)n(C)c1.